The first-order valence-corrected chi connectivity index (χ1v) is 9.28. The van der Waals surface area contributed by atoms with Crippen LogP contribution in [0.15, 0.2) is 70.5 Å². The number of amides is 1. The third-order valence-electron chi connectivity index (χ3n) is 4.64. The van der Waals surface area contributed by atoms with Crippen LogP contribution >= 0.6 is 0 Å². The normalized spacial score (nSPS) is 10.6. The van der Waals surface area contributed by atoms with E-state index in [4.69, 9.17) is 4.74 Å². The van der Waals surface area contributed by atoms with E-state index in [1.807, 2.05) is 38.1 Å². The van der Waals surface area contributed by atoms with Gasteiger partial charge in [-0.2, -0.15) is 0 Å². The van der Waals surface area contributed by atoms with Crippen molar-refractivity contribution < 1.29 is 9.53 Å². The standard InChI is InChI=1S/C22H23N3O4/c1-4-24(17-9-7-8-16(2)14-17)20(26)15-23-12-13-25(22(28)21(23)27)18-10-5-6-11-19(18)29-3/h5-14H,4,15H2,1-3H3. The van der Waals surface area contributed by atoms with Crippen molar-refractivity contribution in [3.05, 3.63) is 87.2 Å². The Labute approximate surface area is 168 Å². The van der Waals surface area contributed by atoms with Gasteiger partial charge in [-0.1, -0.05) is 24.3 Å². The molecule has 150 valence electrons. The molecule has 0 aliphatic carbocycles. The molecule has 0 aliphatic heterocycles. The lowest BCUT2D eigenvalue weighted by atomic mass is 10.2. The molecule has 3 aromatic rings. The lowest BCUT2D eigenvalue weighted by Crippen LogP contribution is -2.43. The van der Waals surface area contributed by atoms with Gasteiger partial charge in [-0.3, -0.25) is 23.5 Å². The Morgan fingerprint density at radius 3 is 2.48 bits per heavy atom. The van der Waals surface area contributed by atoms with Crippen LogP contribution in [-0.2, 0) is 11.3 Å². The molecular weight excluding hydrogens is 370 g/mol. The summed E-state index contributed by atoms with van der Waals surface area (Å²) in [5.41, 5.74) is 0.735. The molecule has 0 atom stereocenters. The molecule has 0 saturated heterocycles. The lowest BCUT2D eigenvalue weighted by Gasteiger charge is -2.22. The zero-order chi connectivity index (χ0) is 21.0. The quantitative estimate of drug-likeness (QED) is 0.603. The number of carbonyl (C=O) groups excluding carboxylic acids is 1. The zero-order valence-electron chi connectivity index (χ0n) is 16.7. The van der Waals surface area contributed by atoms with Crippen LogP contribution in [0.5, 0.6) is 5.75 Å². The molecule has 7 nitrogen and oxygen atoms in total. The largest absolute Gasteiger partial charge is 0.495 e. The molecule has 2 aromatic carbocycles. The number of hydrogen-bond donors (Lipinski definition) is 0. The van der Waals surface area contributed by atoms with Gasteiger partial charge in [0.1, 0.15) is 12.3 Å². The highest BCUT2D eigenvalue weighted by Crippen LogP contribution is 2.20. The number of ether oxygens (including phenoxy) is 1. The summed E-state index contributed by atoms with van der Waals surface area (Å²) in [6.45, 7) is 4.05. The van der Waals surface area contributed by atoms with Crippen molar-refractivity contribution in [2.75, 3.05) is 18.6 Å². The summed E-state index contributed by atoms with van der Waals surface area (Å²) in [5.74, 6) is 0.203. The summed E-state index contributed by atoms with van der Waals surface area (Å²) >= 11 is 0. The molecule has 0 fully saturated rings. The van der Waals surface area contributed by atoms with Crippen LogP contribution in [0, 0.1) is 6.92 Å². The smallest absolute Gasteiger partial charge is 0.321 e. The predicted octanol–water partition coefficient (Wildman–Crippen LogP) is 2.37. The van der Waals surface area contributed by atoms with Gasteiger partial charge >= 0.3 is 11.1 Å². The Morgan fingerprint density at radius 1 is 1.03 bits per heavy atom. The average Bonchev–Trinajstić information content (AvgIpc) is 2.72. The lowest BCUT2D eigenvalue weighted by molar-refractivity contribution is -0.119. The molecule has 1 amide bonds. The third-order valence-corrected chi connectivity index (χ3v) is 4.64. The molecule has 1 aromatic heterocycles. The highest BCUT2D eigenvalue weighted by Gasteiger charge is 2.17. The van der Waals surface area contributed by atoms with Gasteiger partial charge in [-0.25, -0.2) is 0 Å². The SMILES string of the molecule is CCN(C(=O)Cn1ccn(-c2ccccc2OC)c(=O)c1=O)c1cccc(C)c1. The fraction of sp³-hybridized carbons (Fsp3) is 0.227. The molecule has 0 bridgehead atoms. The van der Waals surface area contributed by atoms with Crippen LogP contribution in [0.3, 0.4) is 0 Å². The molecule has 0 saturated carbocycles. The van der Waals surface area contributed by atoms with Crippen molar-refractivity contribution in [2.45, 2.75) is 20.4 Å². The summed E-state index contributed by atoms with van der Waals surface area (Å²) in [5, 5.41) is 0. The summed E-state index contributed by atoms with van der Waals surface area (Å²) in [6, 6.07) is 14.5. The Kier molecular flexibility index (Phi) is 5.97. The highest BCUT2D eigenvalue weighted by atomic mass is 16.5. The number of anilines is 1. The first kappa shape index (κ1) is 20.1. The van der Waals surface area contributed by atoms with Crippen molar-refractivity contribution in [3.63, 3.8) is 0 Å². The van der Waals surface area contributed by atoms with Gasteiger partial charge in [-0.15, -0.1) is 0 Å². The second kappa shape index (κ2) is 8.60. The molecular formula is C22H23N3O4. The van der Waals surface area contributed by atoms with Gasteiger partial charge in [0.15, 0.2) is 0 Å². The van der Waals surface area contributed by atoms with Crippen molar-refractivity contribution in [3.8, 4) is 11.4 Å². The topological polar surface area (TPSA) is 73.5 Å². The number of aromatic nitrogens is 2. The van der Waals surface area contributed by atoms with Gasteiger partial charge in [0.05, 0.1) is 12.8 Å². The molecule has 0 unspecified atom stereocenters. The van der Waals surface area contributed by atoms with Gasteiger partial charge in [0.25, 0.3) is 0 Å². The molecule has 0 N–H and O–H groups in total. The molecule has 0 spiro atoms. The maximum Gasteiger partial charge on any atom is 0.321 e. The summed E-state index contributed by atoms with van der Waals surface area (Å²) < 4.78 is 7.62. The van der Waals surface area contributed by atoms with E-state index >= 15 is 0 Å². The number of nitrogens with zero attached hydrogens (tertiary/aromatic N) is 3. The van der Waals surface area contributed by atoms with Crippen molar-refractivity contribution in [1.29, 1.82) is 0 Å². The Hall–Kier alpha value is -3.61. The molecule has 0 radical (unpaired) electrons. The van der Waals surface area contributed by atoms with E-state index in [-0.39, 0.29) is 12.5 Å². The number of carbonyl (C=O) groups is 1. The number of likely N-dealkylation sites (N-methyl/N-ethyl adjacent to an activating group) is 1. The number of hydrogen-bond acceptors (Lipinski definition) is 4. The first-order valence-electron chi connectivity index (χ1n) is 9.28. The minimum Gasteiger partial charge on any atom is -0.495 e. The Morgan fingerprint density at radius 2 is 1.79 bits per heavy atom. The van der Waals surface area contributed by atoms with Gasteiger partial charge in [0.2, 0.25) is 5.91 Å². The van der Waals surface area contributed by atoms with Crippen molar-refractivity contribution in [2.24, 2.45) is 0 Å². The summed E-state index contributed by atoms with van der Waals surface area (Å²) in [6.07, 6.45) is 2.91. The molecule has 7 heteroatoms. The van der Waals surface area contributed by atoms with Crippen LogP contribution in [-0.4, -0.2) is 28.7 Å². The zero-order valence-corrected chi connectivity index (χ0v) is 16.7. The molecule has 0 aliphatic rings. The molecule has 1 heterocycles. The monoisotopic (exact) mass is 393 g/mol. The van der Waals surface area contributed by atoms with E-state index < -0.39 is 11.1 Å². The van der Waals surface area contributed by atoms with E-state index in [9.17, 15) is 14.4 Å². The number of rotatable bonds is 6. The van der Waals surface area contributed by atoms with E-state index in [0.29, 0.717) is 18.0 Å². The summed E-state index contributed by atoms with van der Waals surface area (Å²) in [4.78, 5) is 39.7. The van der Waals surface area contributed by atoms with Crippen LogP contribution in [0.2, 0.25) is 0 Å². The highest BCUT2D eigenvalue weighted by molar-refractivity contribution is 5.93. The van der Waals surface area contributed by atoms with E-state index in [0.717, 1.165) is 15.8 Å². The van der Waals surface area contributed by atoms with Gasteiger partial charge in [0, 0.05) is 24.6 Å². The second-order valence-corrected chi connectivity index (χ2v) is 6.56. The number of para-hydroxylation sites is 2. The molecule has 3 rings (SSSR count). The minimum absolute atomic E-state index is 0.220. The Bertz CT molecular complexity index is 1150. The van der Waals surface area contributed by atoms with Gasteiger partial charge < -0.3 is 9.64 Å². The third kappa shape index (κ3) is 4.13. The summed E-state index contributed by atoms with van der Waals surface area (Å²) in [7, 11) is 1.49. The van der Waals surface area contributed by atoms with Gasteiger partial charge in [-0.05, 0) is 43.7 Å². The van der Waals surface area contributed by atoms with Crippen molar-refractivity contribution >= 4 is 11.6 Å². The van der Waals surface area contributed by atoms with Crippen LogP contribution < -0.4 is 20.8 Å². The van der Waals surface area contributed by atoms with Crippen LogP contribution in [0.4, 0.5) is 5.69 Å². The number of aryl methyl sites for hydroxylation is 1. The predicted molar refractivity (Wildman–Crippen MR) is 112 cm³/mol. The average molecular weight is 393 g/mol. The van der Waals surface area contributed by atoms with Crippen LogP contribution in [0.1, 0.15) is 12.5 Å². The Balaban J connectivity index is 1.92. The van der Waals surface area contributed by atoms with Crippen LogP contribution in [0.25, 0.3) is 5.69 Å². The maximum absolute atomic E-state index is 12.8. The number of methoxy groups -OCH3 is 1. The van der Waals surface area contributed by atoms with E-state index in [1.165, 1.54) is 24.1 Å². The maximum atomic E-state index is 12.8. The second-order valence-electron chi connectivity index (χ2n) is 6.56. The minimum atomic E-state index is -0.771. The molecule has 29 heavy (non-hydrogen) atoms. The number of benzene rings is 2. The first-order chi connectivity index (χ1) is 14.0. The van der Waals surface area contributed by atoms with E-state index in [1.54, 1.807) is 29.2 Å². The van der Waals surface area contributed by atoms with E-state index in [2.05, 4.69) is 0 Å². The van der Waals surface area contributed by atoms with Crippen molar-refractivity contribution in [1.82, 2.24) is 9.13 Å². The fourth-order valence-electron chi connectivity index (χ4n) is 3.18. The fourth-order valence-corrected chi connectivity index (χ4v) is 3.18.